The van der Waals surface area contributed by atoms with Gasteiger partial charge in [-0.2, -0.15) is 11.8 Å². The maximum atomic E-state index is 6.13. The van der Waals surface area contributed by atoms with Crippen LogP contribution in [0.2, 0.25) is 5.02 Å². The predicted molar refractivity (Wildman–Crippen MR) is 76.5 cm³/mol. The molecule has 0 aliphatic carbocycles. The molecule has 1 spiro atoms. The van der Waals surface area contributed by atoms with Gasteiger partial charge in [-0.05, 0) is 37.1 Å². The smallest absolute Gasteiger partial charge is 0.144 e. The lowest BCUT2D eigenvalue weighted by Crippen LogP contribution is -2.44. The minimum absolute atomic E-state index is 0.0990. The number of hydrogen-bond acceptors (Lipinski definition) is 4. The fourth-order valence-electron chi connectivity index (χ4n) is 2.70. The Morgan fingerprint density at radius 1 is 1.56 bits per heavy atom. The van der Waals surface area contributed by atoms with Crippen LogP contribution in [0, 0.1) is 0 Å². The van der Waals surface area contributed by atoms with Crippen LogP contribution >= 0.6 is 23.4 Å². The first kappa shape index (κ1) is 12.6. The number of halogens is 1. The standard InChI is InChI=1S/C13H17ClN2OS/c14-11-2-1-5-15-12(11)16-10-3-6-17-13(8-10)4-7-18-9-13/h1-2,5,10H,3-4,6-9H2,(H,15,16)/t10-,13+/m1/s1. The van der Waals surface area contributed by atoms with Crippen molar-refractivity contribution < 1.29 is 4.74 Å². The van der Waals surface area contributed by atoms with Crippen LogP contribution in [0.3, 0.4) is 0 Å². The number of pyridine rings is 1. The fraction of sp³-hybridized carbons (Fsp3) is 0.615. The van der Waals surface area contributed by atoms with Crippen molar-refractivity contribution in [2.24, 2.45) is 0 Å². The molecule has 0 amide bonds. The zero-order chi connectivity index (χ0) is 12.4. The number of thioether (sulfide) groups is 1. The number of ether oxygens (including phenoxy) is 1. The van der Waals surface area contributed by atoms with Gasteiger partial charge in [-0.3, -0.25) is 0 Å². The van der Waals surface area contributed by atoms with E-state index in [2.05, 4.69) is 10.3 Å². The molecule has 5 heteroatoms. The number of hydrogen-bond donors (Lipinski definition) is 1. The molecule has 3 rings (SSSR count). The van der Waals surface area contributed by atoms with E-state index in [4.69, 9.17) is 16.3 Å². The van der Waals surface area contributed by atoms with E-state index in [0.29, 0.717) is 11.1 Å². The van der Waals surface area contributed by atoms with Gasteiger partial charge in [-0.1, -0.05) is 11.6 Å². The van der Waals surface area contributed by atoms with E-state index in [1.54, 1.807) is 6.20 Å². The molecule has 0 saturated carbocycles. The molecule has 18 heavy (non-hydrogen) atoms. The molecule has 0 radical (unpaired) electrons. The van der Waals surface area contributed by atoms with Crippen molar-refractivity contribution in [2.75, 3.05) is 23.4 Å². The van der Waals surface area contributed by atoms with Gasteiger partial charge in [0.15, 0.2) is 0 Å². The summed E-state index contributed by atoms with van der Waals surface area (Å²) in [6, 6.07) is 4.15. The van der Waals surface area contributed by atoms with E-state index < -0.39 is 0 Å². The minimum atomic E-state index is 0.0990. The van der Waals surface area contributed by atoms with Crippen molar-refractivity contribution in [3.8, 4) is 0 Å². The SMILES string of the molecule is Clc1cccnc1N[C@@H]1CCO[C@@]2(CCSC2)C1. The highest BCUT2D eigenvalue weighted by atomic mass is 35.5. The van der Waals surface area contributed by atoms with Gasteiger partial charge in [0.2, 0.25) is 0 Å². The van der Waals surface area contributed by atoms with Crippen LogP contribution in [0.15, 0.2) is 18.3 Å². The van der Waals surface area contributed by atoms with Gasteiger partial charge < -0.3 is 10.1 Å². The number of nitrogens with one attached hydrogen (secondary N) is 1. The maximum Gasteiger partial charge on any atom is 0.144 e. The number of nitrogens with zero attached hydrogens (tertiary/aromatic N) is 1. The van der Waals surface area contributed by atoms with E-state index in [1.165, 1.54) is 12.2 Å². The van der Waals surface area contributed by atoms with Gasteiger partial charge in [0, 0.05) is 24.6 Å². The Balaban J connectivity index is 1.68. The first-order valence-corrected chi connectivity index (χ1v) is 7.89. The average Bonchev–Trinajstić information content (AvgIpc) is 2.80. The molecular formula is C13H17ClN2OS. The molecule has 1 aromatic heterocycles. The summed E-state index contributed by atoms with van der Waals surface area (Å²) in [5.41, 5.74) is 0.0990. The van der Waals surface area contributed by atoms with Crippen LogP contribution in [-0.4, -0.2) is 34.7 Å². The highest BCUT2D eigenvalue weighted by molar-refractivity contribution is 7.99. The van der Waals surface area contributed by atoms with Gasteiger partial charge in [0.25, 0.3) is 0 Å². The minimum Gasteiger partial charge on any atom is -0.374 e. The van der Waals surface area contributed by atoms with Crippen molar-refractivity contribution in [1.82, 2.24) is 4.98 Å². The van der Waals surface area contributed by atoms with Crippen LogP contribution in [0.5, 0.6) is 0 Å². The molecule has 2 saturated heterocycles. The molecule has 3 nitrogen and oxygen atoms in total. The second-order valence-electron chi connectivity index (χ2n) is 5.00. The number of rotatable bonds is 2. The molecule has 0 bridgehead atoms. The summed E-state index contributed by atoms with van der Waals surface area (Å²) in [5.74, 6) is 3.14. The molecule has 3 heterocycles. The first-order chi connectivity index (χ1) is 8.77. The second-order valence-corrected chi connectivity index (χ2v) is 6.51. The maximum absolute atomic E-state index is 6.13. The molecule has 1 aromatic rings. The highest BCUT2D eigenvalue weighted by Gasteiger charge is 2.40. The topological polar surface area (TPSA) is 34.2 Å². The normalized spacial score (nSPS) is 31.7. The number of aromatic nitrogens is 1. The van der Waals surface area contributed by atoms with Crippen molar-refractivity contribution in [2.45, 2.75) is 30.9 Å². The Bertz CT molecular complexity index is 423. The monoisotopic (exact) mass is 284 g/mol. The van der Waals surface area contributed by atoms with E-state index in [9.17, 15) is 0 Å². The molecule has 2 aliphatic heterocycles. The summed E-state index contributed by atoms with van der Waals surface area (Å²) in [6.45, 7) is 0.836. The van der Waals surface area contributed by atoms with Crippen LogP contribution in [0.4, 0.5) is 5.82 Å². The molecule has 0 unspecified atom stereocenters. The summed E-state index contributed by atoms with van der Waals surface area (Å²) in [7, 11) is 0. The largest absolute Gasteiger partial charge is 0.374 e. The van der Waals surface area contributed by atoms with Gasteiger partial charge in [0.1, 0.15) is 5.82 Å². The van der Waals surface area contributed by atoms with Crippen LogP contribution in [-0.2, 0) is 4.74 Å². The van der Waals surface area contributed by atoms with Gasteiger partial charge >= 0.3 is 0 Å². The zero-order valence-corrected chi connectivity index (χ0v) is 11.8. The van der Waals surface area contributed by atoms with E-state index in [1.807, 2.05) is 23.9 Å². The lowest BCUT2D eigenvalue weighted by Gasteiger charge is -2.38. The third-order valence-corrected chi connectivity index (χ3v) is 5.19. The van der Waals surface area contributed by atoms with Crippen molar-refractivity contribution in [3.05, 3.63) is 23.4 Å². The summed E-state index contributed by atoms with van der Waals surface area (Å²) in [4.78, 5) is 4.30. The molecule has 0 aromatic carbocycles. The van der Waals surface area contributed by atoms with Crippen LogP contribution < -0.4 is 5.32 Å². The third kappa shape index (κ3) is 2.60. The van der Waals surface area contributed by atoms with Crippen LogP contribution in [0.25, 0.3) is 0 Å². The average molecular weight is 285 g/mol. The van der Waals surface area contributed by atoms with E-state index >= 15 is 0 Å². The van der Waals surface area contributed by atoms with Crippen LogP contribution in [0.1, 0.15) is 19.3 Å². The Morgan fingerprint density at radius 2 is 2.50 bits per heavy atom. The van der Waals surface area contributed by atoms with E-state index in [-0.39, 0.29) is 5.60 Å². The van der Waals surface area contributed by atoms with Gasteiger partial charge in [0.05, 0.1) is 10.6 Å². The Hall–Kier alpha value is -0.450. The van der Waals surface area contributed by atoms with Crippen molar-refractivity contribution in [1.29, 1.82) is 0 Å². The third-order valence-electron chi connectivity index (χ3n) is 3.66. The molecule has 2 aliphatic rings. The molecular weight excluding hydrogens is 268 g/mol. The quantitative estimate of drug-likeness (QED) is 0.904. The van der Waals surface area contributed by atoms with Crippen molar-refractivity contribution in [3.63, 3.8) is 0 Å². The van der Waals surface area contributed by atoms with Crippen molar-refractivity contribution >= 4 is 29.2 Å². The molecule has 1 N–H and O–H groups in total. The zero-order valence-electron chi connectivity index (χ0n) is 10.2. The second kappa shape index (κ2) is 5.27. The Kier molecular flexibility index (Phi) is 3.68. The highest BCUT2D eigenvalue weighted by Crippen LogP contribution is 2.39. The van der Waals surface area contributed by atoms with Gasteiger partial charge in [-0.15, -0.1) is 0 Å². The molecule has 2 fully saturated rings. The van der Waals surface area contributed by atoms with Gasteiger partial charge in [-0.25, -0.2) is 4.98 Å². The Morgan fingerprint density at radius 3 is 3.28 bits per heavy atom. The molecule has 2 atom stereocenters. The summed E-state index contributed by atoms with van der Waals surface area (Å²) in [6.07, 6.45) is 5.03. The summed E-state index contributed by atoms with van der Waals surface area (Å²) < 4.78 is 6.01. The predicted octanol–water partition coefficient (Wildman–Crippen LogP) is 3.20. The lowest BCUT2D eigenvalue weighted by atomic mass is 9.90. The summed E-state index contributed by atoms with van der Waals surface area (Å²) >= 11 is 8.13. The fourth-order valence-corrected chi connectivity index (χ4v) is 4.25. The summed E-state index contributed by atoms with van der Waals surface area (Å²) in [5, 5.41) is 4.16. The lowest BCUT2D eigenvalue weighted by molar-refractivity contribution is -0.0628. The van der Waals surface area contributed by atoms with E-state index in [0.717, 1.165) is 31.0 Å². The molecule has 98 valence electrons. The Labute approximate surface area is 117 Å². The first-order valence-electron chi connectivity index (χ1n) is 6.36. The number of anilines is 1.